The molecule has 1 amide bonds. The molecule has 0 aromatic rings. The van der Waals surface area contributed by atoms with Gasteiger partial charge in [-0.05, 0) is 18.9 Å². The Morgan fingerprint density at radius 1 is 1.35 bits per heavy atom. The minimum atomic E-state index is -0.607. The lowest BCUT2D eigenvalue weighted by Crippen LogP contribution is -2.49. The molecular weight excluding hydrogens is 220 g/mol. The van der Waals surface area contributed by atoms with Crippen molar-refractivity contribution in [1.29, 1.82) is 0 Å². The minimum Gasteiger partial charge on any atom is -0.467 e. The molecule has 0 saturated heterocycles. The van der Waals surface area contributed by atoms with Crippen LogP contribution in [-0.2, 0) is 14.3 Å². The van der Waals surface area contributed by atoms with Crippen LogP contribution < -0.4 is 11.1 Å². The highest BCUT2D eigenvalue weighted by molar-refractivity contribution is 5.87. The molecule has 100 valence electrons. The van der Waals surface area contributed by atoms with Crippen LogP contribution in [0.25, 0.3) is 0 Å². The second kappa shape index (κ2) is 6.59. The molecule has 0 spiro atoms. The molecule has 0 rings (SSSR count). The van der Waals surface area contributed by atoms with Gasteiger partial charge in [0.25, 0.3) is 0 Å². The first-order valence-electron chi connectivity index (χ1n) is 5.85. The van der Waals surface area contributed by atoms with Crippen molar-refractivity contribution in [2.45, 2.75) is 40.2 Å². The van der Waals surface area contributed by atoms with Gasteiger partial charge in [-0.1, -0.05) is 27.7 Å². The van der Waals surface area contributed by atoms with Crippen molar-refractivity contribution in [3.8, 4) is 0 Å². The summed E-state index contributed by atoms with van der Waals surface area (Å²) in [5.74, 6) is -0.607. The van der Waals surface area contributed by atoms with Gasteiger partial charge in [-0.15, -0.1) is 0 Å². The lowest BCUT2D eigenvalue weighted by molar-refractivity contribution is -0.147. The number of amides is 1. The second-order valence-electron chi connectivity index (χ2n) is 5.14. The van der Waals surface area contributed by atoms with Gasteiger partial charge >= 0.3 is 5.97 Å². The van der Waals surface area contributed by atoms with E-state index in [9.17, 15) is 9.59 Å². The molecule has 3 N–H and O–H groups in total. The van der Waals surface area contributed by atoms with Crippen molar-refractivity contribution in [2.24, 2.45) is 17.1 Å². The molecule has 0 aromatic heterocycles. The maximum atomic E-state index is 12.0. The number of hydrogen-bond acceptors (Lipinski definition) is 4. The summed E-state index contributed by atoms with van der Waals surface area (Å²) in [4.78, 5) is 23.5. The minimum absolute atomic E-state index is 0.0138. The molecular formula is C12H24N2O3. The average molecular weight is 244 g/mol. The normalized spacial score (nSPS) is 13.4. The molecule has 0 aliphatic heterocycles. The van der Waals surface area contributed by atoms with E-state index in [0.29, 0.717) is 13.0 Å². The molecule has 0 bridgehead atoms. The monoisotopic (exact) mass is 244 g/mol. The topological polar surface area (TPSA) is 81.4 Å². The van der Waals surface area contributed by atoms with Gasteiger partial charge in [0.2, 0.25) is 5.91 Å². The highest BCUT2D eigenvalue weighted by Gasteiger charge is 2.32. The Morgan fingerprint density at radius 2 is 1.88 bits per heavy atom. The fraction of sp³-hybridized carbons (Fsp3) is 0.833. The van der Waals surface area contributed by atoms with Gasteiger partial charge in [0.1, 0.15) is 6.04 Å². The van der Waals surface area contributed by atoms with Gasteiger partial charge in [-0.2, -0.15) is 0 Å². The highest BCUT2D eigenvalue weighted by atomic mass is 16.5. The van der Waals surface area contributed by atoms with E-state index in [1.54, 1.807) is 0 Å². The fourth-order valence-corrected chi connectivity index (χ4v) is 1.44. The summed E-state index contributed by atoms with van der Waals surface area (Å²) in [7, 11) is 1.31. The molecule has 1 atom stereocenters. The van der Waals surface area contributed by atoms with Crippen LogP contribution in [0.1, 0.15) is 34.1 Å². The first-order valence-corrected chi connectivity index (χ1v) is 5.85. The second-order valence-corrected chi connectivity index (χ2v) is 5.14. The summed E-state index contributed by atoms with van der Waals surface area (Å²) >= 11 is 0. The van der Waals surface area contributed by atoms with Crippen molar-refractivity contribution in [3.63, 3.8) is 0 Å². The molecule has 0 aliphatic rings. The zero-order valence-electron chi connectivity index (χ0n) is 11.4. The van der Waals surface area contributed by atoms with Crippen LogP contribution in [0.15, 0.2) is 0 Å². The van der Waals surface area contributed by atoms with E-state index >= 15 is 0 Å². The molecule has 0 saturated carbocycles. The van der Waals surface area contributed by atoms with Crippen molar-refractivity contribution < 1.29 is 14.3 Å². The van der Waals surface area contributed by atoms with Crippen LogP contribution in [0.3, 0.4) is 0 Å². The van der Waals surface area contributed by atoms with E-state index in [-0.39, 0.29) is 11.8 Å². The lowest BCUT2D eigenvalue weighted by Gasteiger charge is -2.27. The number of ether oxygens (including phenoxy) is 1. The molecule has 5 heteroatoms. The predicted octanol–water partition coefficient (Wildman–Crippen LogP) is 0.675. The Hall–Kier alpha value is -1.10. The molecule has 0 heterocycles. The summed E-state index contributed by atoms with van der Waals surface area (Å²) in [6, 6.07) is -0.607. The van der Waals surface area contributed by atoms with E-state index in [1.165, 1.54) is 7.11 Å². The van der Waals surface area contributed by atoms with E-state index < -0.39 is 17.4 Å². The maximum Gasteiger partial charge on any atom is 0.328 e. The van der Waals surface area contributed by atoms with Gasteiger partial charge < -0.3 is 15.8 Å². The van der Waals surface area contributed by atoms with Crippen LogP contribution in [0.5, 0.6) is 0 Å². The standard InChI is InChI=1S/C12H24N2O3/c1-8(2)9(10(15)17-5)14-11(16)12(3,4)6-7-13/h8-9H,6-7,13H2,1-5H3,(H,14,16). The van der Waals surface area contributed by atoms with Crippen LogP contribution in [0, 0.1) is 11.3 Å². The zero-order chi connectivity index (χ0) is 13.6. The Labute approximate surface area is 103 Å². The summed E-state index contributed by atoms with van der Waals surface area (Å²) in [6.45, 7) is 7.77. The number of rotatable bonds is 6. The van der Waals surface area contributed by atoms with Crippen molar-refractivity contribution in [2.75, 3.05) is 13.7 Å². The molecule has 0 fully saturated rings. The smallest absolute Gasteiger partial charge is 0.328 e. The van der Waals surface area contributed by atoms with Crippen LogP contribution in [-0.4, -0.2) is 31.6 Å². The molecule has 0 aliphatic carbocycles. The first kappa shape index (κ1) is 15.9. The summed E-state index contributed by atoms with van der Waals surface area (Å²) in [5, 5.41) is 2.72. The third kappa shape index (κ3) is 4.73. The average Bonchev–Trinajstić information content (AvgIpc) is 2.23. The number of nitrogens with one attached hydrogen (secondary N) is 1. The van der Waals surface area contributed by atoms with Crippen LogP contribution in [0.2, 0.25) is 0 Å². The Bertz CT molecular complexity index is 275. The lowest BCUT2D eigenvalue weighted by atomic mass is 9.87. The van der Waals surface area contributed by atoms with Gasteiger partial charge in [0.15, 0.2) is 0 Å². The van der Waals surface area contributed by atoms with Crippen molar-refractivity contribution in [1.82, 2.24) is 5.32 Å². The fourth-order valence-electron chi connectivity index (χ4n) is 1.44. The zero-order valence-corrected chi connectivity index (χ0v) is 11.4. The third-order valence-electron chi connectivity index (χ3n) is 2.79. The van der Waals surface area contributed by atoms with E-state index in [1.807, 2.05) is 27.7 Å². The first-order chi connectivity index (χ1) is 7.76. The Balaban J connectivity index is 4.67. The SMILES string of the molecule is COC(=O)C(NC(=O)C(C)(C)CCN)C(C)C. The van der Waals surface area contributed by atoms with Gasteiger partial charge in [0.05, 0.1) is 7.11 Å². The molecule has 1 unspecified atom stereocenters. The molecule has 0 radical (unpaired) electrons. The summed E-state index contributed by atoms with van der Waals surface area (Å²) in [6.07, 6.45) is 0.574. The molecule has 5 nitrogen and oxygen atoms in total. The van der Waals surface area contributed by atoms with Crippen LogP contribution >= 0.6 is 0 Å². The number of hydrogen-bond donors (Lipinski definition) is 2. The van der Waals surface area contributed by atoms with Crippen LogP contribution in [0.4, 0.5) is 0 Å². The Kier molecular flexibility index (Phi) is 6.16. The van der Waals surface area contributed by atoms with E-state index in [0.717, 1.165) is 0 Å². The predicted molar refractivity (Wildman–Crippen MR) is 66.2 cm³/mol. The number of esters is 1. The largest absolute Gasteiger partial charge is 0.467 e. The van der Waals surface area contributed by atoms with Gasteiger partial charge in [-0.25, -0.2) is 4.79 Å². The Morgan fingerprint density at radius 3 is 2.24 bits per heavy atom. The van der Waals surface area contributed by atoms with Gasteiger partial charge in [-0.3, -0.25) is 4.79 Å². The van der Waals surface area contributed by atoms with E-state index in [2.05, 4.69) is 10.1 Å². The number of nitrogens with two attached hydrogens (primary N) is 1. The quantitative estimate of drug-likeness (QED) is 0.673. The highest BCUT2D eigenvalue weighted by Crippen LogP contribution is 2.20. The number of methoxy groups -OCH3 is 1. The number of carbonyl (C=O) groups is 2. The maximum absolute atomic E-state index is 12.0. The van der Waals surface area contributed by atoms with Crippen molar-refractivity contribution in [3.05, 3.63) is 0 Å². The van der Waals surface area contributed by atoms with Crippen molar-refractivity contribution >= 4 is 11.9 Å². The summed E-state index contributed by atoms with van der Waals surface area (Å²) in [5.41, 5.74) is 4.88. The third-order valence-corrected chi connectivity index (χ3v) is 2.79. The number of carbonyl (C=O) groups excluding carboxylic acids is 2. The van der Waals surface area contributed by atoms with Gasteiger partial charge in [0, 0.05) is 5.41 Å². The summed E-state index contributed by atoms with van der Waals surface area (Å²) < 4.78 is 4.67. The molecule has 17 heavy (non-hydrogen) atoms. The van der Waals surface area contributed by atoms with E-state index in [4.69, 9.17) is 5.73 Å². The molecule has 0 aromatic carbocycles.